The molecule has 3 amide bonds. The van der Waals surface area contributed by atoms with Gasteiger partial charge in [-0.2, -0.15) is 4.98 Å². The first-order valence-corrected chi connectivity index (χ1v) is 7.23. The smallest absolute Gasteiger partial charge is 0.332 e. The summed E-state index contributed by atoms with van der Waals surface area (Å²) < 4.78 is 18.1. The quantitative estimate of drug-likeness (QED) is 0.807. The summed E-state index contributed by atoms with van der Waals surface area (Å²) in [5.41, 5.74) is 0.458. The molecule has 1 atom stereocenters. The van der Waals surface area contributed by atoms with Crippen LogP contribution in [0.1, 0.15) is 25.6 Å². The van der Waals surface area contributed by atoms with E-state index in [4.69, 9.17) is 4.52 Å². The number of aromatic nitrogens is 2. The van der Waals surface area contributed by atoms with Gasteiger partial charge in [-0.3, -0.25) is 14.6 Å². The standard InChI is InChI=1S/C15H15FN4O3/c1-3-12-17-13(23-18-12)8-19-14(21)9(2)20(15(19)22)11-6-4-10(16)5-7-11/h4-7,9H,3,8H2,1-2H3/t9-/m0/s1. The van der Waals surface area contributed by atoms with Crippen molar-refractivity contribution in [1.82, 2.24) is 15.0 Å². The molecule has 1 saturated heterocycles. The molecule has 0 aliphatic carbocycles. The van der Waals surface area contributed by atoms with E-state index in [2.05, 4.69) is 10.1 Å². The number of amides is 3. The maximum absolute atomic E-state index is 13.0. The number of halogens is 1. The lowest BCUT2D eigenvalue weighted by Gasteiger charge is -2.18. The highest BCUT2D eigenvalue weighted by Gasteiger charge is 2.43. The molecule has 0 unspecified atom stereocenters. The third kappa shape index (κ3) is 2.67. The van der Waals surface area contributed by atoms with Gasteiger partial charge >= 0.3 is 6.03 Å². The van der Waals surface area contributed by atoms with E-state index in [1.807, 2.05) is 6.92 Å². The molecule has 1 aliphatic rings. The van der Waals surface area contributed by atoms with E-state index >= 15 is 0 Å². The van der Waals surface area contributed by atoms with Crippen molar-refractivity contribution in [3.8, 4) is 0 Å². The van der Waals surface area contributed by atoms with Crippen molar-refractivity contribution in [1.29, 1.82) is 0 Å². The maximum Gasteiger partial charge on any atom is 0.332 e. The molecular weight excluding hydrogens is 303 g/mol. The molecule has 1 fully saturated rings. The highest BCUT2D eigenvalue weighted by Crippen LogP contribution is 2.26. The van der Waals surface area contributed by atoms with Crippen molar-refractivity contribution in [2.24, 2.45) is 0 Å². The number of anilines is 1. The summed E-state index contributed by atoms with van der Waals surface area (Å²) in [6.07, 6.45) is 0.601. The third-order valence-electron chi connectivity index (χ3n) is 3.67. The molecule has 0 bridgehead atoms. The number of hydrogen-bond acceptors (Lipinski definition) is 5. The Morgan fingerprint density at radius 3 is 2.57 bits per heavy atom. The lowest BCUT2D eigenvalue weighted by molar-refractivity contribution is -0.127. The van der Waals surface area contributed by atoms with Crippen LogP contribution in [0.15, 0.2) is 28.8 Å². The van der Waals surface area contributed by atoms with E-state index in [0.29, 0.717) is 17.9 Å². The second-order valence-corrected chi connectivity index (χ2v) is 5.19. The zero-order valence-electron chi connectivity index (χ0n) is 12.7. The topological polar surface area (TPSA) is 79.5 Å². The highest BCUT2D eigenvalue weighted by molar-refractivity contribution is 6.13. The lowest BCUT2D eigenvalue weighted by atomic mass is 10.2. The van der Waals surface area contributed by atoms with Gasteiger partial charge in [-0.15, -0.1) is 0 Å². The van der Waals surface area contributed by atoms with Crippen LogP contribution in [-0.2, 0) is 17.8 Å². The molecule has 1 aromatic heterocycles. The molecule has 0 N–H and O–H groups in total. The molecular formula is C15H15FN4O3. The molecule has 120 valence electrons. The summed E-state index contributed by atoms with van der Waals surface area (Å²) in [7, 11) is 0. The van der Waals surface area contributed by atoms with Crippen molar-refractivity contribution >= 4 is 17.6 Å². The summed E-state index contributed by atoms with van der Waals surface area (Å²) in [4.78, 5) is 31.4. The number of nitrogens with zero attached hydrogens (tertiary/aromatic N) is 4. The molecule has 2 heterocycles. The number of imide groups is 1. The van der Waals surface area contributed by atoms with Crippen molar-refractivity contribution in [3.63, 3.8) is 0 Å². The Morgan fingerprint density at radius 2 is 1.96 bits per heavy atom. The summed E-state index contributed by atoms with van der Waals surface area (Å²) in [5, 5.41) is 3.74. The van der Waals surface area contributed by atoms with Gasteiger partial charge in [-0.1, -0.05) is 12.1 Å². The molecule has 3 rings (SSSR count). The van der Waals surface area contributed by atoms with Crippen LogP contribution in [0.3, 0.4) is 0 Å². The van der Waals surface area contributed by atoms with Crippen LogP contribution in [0.5, 0.6) is 0 Å². The summed E-state index contributed by atoms with van der Waals surface area (Å²) in [6, 6.07) is 4.24. The Kier molecular flexibility index (Phi) is 3.81. The van der Waals surface area contributed by atoms with Crippen LogP contribution in [0, 0.1) is 5.82 Å². The minimum absolute atomic E-state index is 0.0767. The fourth-order valence-corrected chi connectivity index (χ4v) is 2.44. The van der Waals surface area contributed by atoms with Crippen LogP contribution in [-0.4, -0.2) is 33.0 Å². The third-order valence-corrected chi connectivity index (χ3v) is 3.67. The van der Waals surface area contributed by atoms with E-state index in [1.54, 1.807) is 6.92 Å². The average Bonchev–Trinajstić information content (AvgIpc) is 3.08. The van der Waals surface area contributed by atoms with Crippen LogP contribution in [0.2, 0.25) is 0 Å². The van der Waals surface area contributed by atoms with E-state index in [-0.39, 0.29) is 18.3 Å². The second kappa shape index (κ2) is 5.79. The first kappa shape index (κ1) is 15.1. The predicted octanol–water partition coefficient (Wildman–Crippen LogP) is 2.13. The van der Waals surface area contributed by atoms with Gasteiger partial charge < -0.3 is 4.52 Å². The van der Waals surface area contributed by atoms with Crippen molar-refractivity contribution in [3.05, 3.63) is 41.8 Å². The second-order valence-electron chi connectivity index (χ2n) is 5.19. The van der Waals surface area contributed by atoms with Gasteiger partial charge in [0.2, 0.25) is 5.89 Å². The predicted molar refractivity (Wildman–Crippen MR) is 78.0 cm³/mol. The van der Waals surface area contributed by atoms with Crippen LogP contribution < -0.4 is 4.90 Å². The number of rotatable bonds is 4. The molecule has 1 aliphatic heterocycles. The number of carbonyl (C=O) groups excluding carboxylic acids is 2. The molecule has 7 nitrogen and oxygen atoms in total. The van der Waals surface area contributed by atoms with Crippen molar-refractivity contribution in [2.75, 3.05) is 4.90 Å². The van der Waals surface area contributed by atoms with Gasteiger partial charge in [-0.05, 0) is 31.2 Å². The zero-order valence-corrected chi connectivity index (χ0v) is 12.7. The molecule has 0 radical (unpaired) electrons. The molecule has 0 saturated carbocycles. The summed E-state index contributed by atoms with van der Waals surface area (Å²) in [5.74, 6) is -0.0519. The highest BCUT2D eigenvalue weighted by atomic mass is 19.1. The van der Waals surface area contributed by atoms with E-state index < -0.39 is 17.9 Å². The van der Waals surface area contributed by atoms with E-state index in [9.17, 15) is 14.0 Å². The molecule has 23 heavy (non-hydrogen) atoms. The normalized spacial score (nSPS) is 18.1. The van der Waals surface area contributed by atoms with Crippen LogP contribution in [0.25, 0.3) is 0 Å². The van der Waals surface area contributed by atoms with Gasteiger partial charge in [0, 0.05) is 12.1 Å². The minimum Gasteiger partial charge on any atom is -0.337 e. The molecule has 1 aromatic carbocycles. The first-order chi connectivity index (χ1) is 11.0. The Balaban J connectivity index is 1.84. The monoisotopic (exact) mass is 318 g/mol. The van der Waals surface area contributed by atoms with Gasteiger partial charge in [0.05, 0.1) is 0 Å². The molecule has 2 aromatic rings. The lowest BCUT2D eigenvalue weighted by Crippen LogP contribution is -2.33. The Morgan fingerprint density at radius 1 is 1.26 bits per heavy atom. The fraction of sp³-hybridized carbons (Fsp3) is 0.333. The zero-order chi connectivity index (χ0) is 16.6. The first-order valence-electron chi connectivity index (χ1n) is 7.23. The van der Waals surface area contributed by atoms with Crippen LogP contribution >= 0.6 is 0 Å². The SMILES string of the molecule is CCc1noc(CN2C(=O)[C@H](C)N(c3ccc(F)cc3)C2=O)n1. The largest absolute Gasteiger partial charge is 0.337 e. The van der Waals surface area contributed by atoms with Crippen molar-refractivity contribution < 1.29 is 18.5 Å². The van der Waals surface area contributed by atoms with Crippen molar-refractivity contribution in [2.45, 2.75) is 32.9 Å². The number of hydrogen-bond donors (Lipinski definition) is 0. The number of carbonyl (C=O) groups is 2. The maximum atomic E-state index is 13.0. The Bertz CT molecular complexity index is 743. The molecule has 0 spiro atoms. The summed E-state index contributed by atoms with van der Waals surface area (Å²) >= 11 is 0. The van der Waals surface area contributed by atoms with E-state index in [1.165, 1.54) is 29.2 Å². The number of urea groups is 1. The van der Waals surface area contributed by atoms with Crippen LogP contribution in [0.4, 0.5) is 14.9 Å². The minimum atomic E-state index is -0.679. The van der Waals surface area contributed by atoms with Gasteiger partial charge in [0.1, 0.15) is 18.4 Å². The number of aryl methyl sites for hydroxylation is 1. The number of benzene rings is 1. The Labute approximate surface area is 131 Å². The average molecular weight is 318 g/mol. The Hall–Kier alpha value is -2.77. The van der Waals surface area contributed by atoms with Gasteiger partial charge in [0.15, 0.2) is 5.82 Å². The van der Waals surface area contributed by atoms with Gasteiger partial charge in [0.25, 0.3) is 5.91 Å². The summed E-state index contributed by atoms with van der Waals surface area (Å²) in [6.45, 7) is 3.42. The van der Waals surface area contributed by atoms with Gasteiger partial charge in [-0.25, -0.2) is 9.18 Å². The van der Waals surface area contributed by atoms with E-state index in [0.717, 1.165) is 4.90 Å². The fourth-order valence-electron chi connectivity index (χ4n) is 2.44. The molecule has 8 heteroatoms.